The van der Waals surface area contributed by atoms with Gasteiger partial charge in [0.05, 0.1) is 0 Å². The summed E-state index contributed by atoms with van der Waals surface area (Å²) >= 11 is 0. The van der Waals surface area contributed by atoms with Crippen LogP contribution in [0.15, 0.2) is 48.0 Å². The topological polar surface area (TPSA) is 67.2 Å². The SMILES string of the molecule is CNC(=O)c1cccc(NCC2=CC[C@@H](c3cc(F)c(F)cc3F)[C@H](N)C2)c1. The maximum Gasteiger partial charge on any atom is 0.251 e. The van der Waals surface area contributed by atoms with Crippen molar-refractivity contribution in [2.45, 2.75) is 24.8 Å². The molecule has 0 aliphatic heterocycles. The summed E-state index contributed by atoms with van der Waals surface area (Å²) < 4.78 is 40.7. The Bertz CT molecular complexity index is 914. The summed E-state index contributed by atoms with van der Waals surface area (Å²) in [5.41, 5.74) is 8.70. The highest BCUT2D eigenvalue weighted by Crippen LogP contribution is 2.33. The quantitative estimate of drug-likeness (QED) is 0.540. The molecule has 0 aromatic heterocycles. The van der Waals surface area contributed by atoms with Crippen molar-refractivity contribution in [2.75, 3.05) is 18.9 Å². The van der Waals surface area contributed by atoms with Crippen LogP contribution >= 0.6 is 0 Å². The van der Waals surface area contributed by atoms with Gasteiger partial charge in [-0.1, -0.05) is 17.7 Å². The number of carbonyl (C=O) groups is 1. The number of anilines is 1. The van der Waals surface area contributed by atoms with Crippen LogP contribution < -0.4 is 16.4 Å². The van der Waals surface area contributed by atoms with Gasteiger partial charge in [0, 0.05) is 42.9 Å². The second kappa shape index (κ2) is 8.48. The molecule has 0 unspecified atom stereocenters. The van der Waals surface area contributed by atoms with Gasteiger partial charge in [0.15, 0.2) is 11.6 Å². The average molecular weight is 389 g/mol. The van der Waals surface area contributed by atoms with Crippen LogP contribution in [0.3, 0.4) is 0 Å². The van der Waals surface area contributed by atoms with E-state index in [-0.39, 0.29) is 11.5 Å². The van der Waals surface area contributed by atoms with Crippen LogP contribution in [0, 0.1) is 17.5 Å². The summed E-state index contributed by atoms with van der Waals surface area (Å²) in [7, 11) is 1.57. The van der Waals surface area contributed by atoms with Crippen molar-refractivity contribution in [1.29, 1.82) is 0 Å². The molecule has 0 fully saturated rings. The van der Waals surface area contributed by atoms with E-state index in [2.05, 4.69) is 10.6 Å². The molecule has 0 radical (unpaired) electrons. The first-order chi connectivity index (χ1) is 13.4. The molecule has 4 nitrogen and oxygen atoms in total. The van der Waals surface area contributed by atoms with Gasteiger partial charge < -0.3 is 16.4 Å². The van der Waals surface area contributed by atoms with Crippen LogP contribution in [0.1, 0.15) is 34.7 Å². The lowest BCUT2D eigenvalue weighted by Gasteiger charge is -2.29. The van der Waals surface area contributed by atoms with Gasteiger partial charge in [-0.05, 0) is 42.7 Å². The van der Waals surface area contributed by atoms with Gasteiger partial charge in [-0.3, -0.25) is 4.79 Å². The Morgan fingerprint density at radius 3 is 2.61 bits per heavy atom. The molecule has 2 atom stereocenters. The van der Waals surface area contributed by atoms with E-state index in [0.29, 0.717) is 31.0 Å². The summed E-state index contributed by atoms with van der Waals surface area (Å²) in [5, 5.41) is 5.83. The van der Waals surface area contributed by atoms with Crippen molar-refractivity contribution in [3.05, 3.63) is 76.6 Å². The molecule has 0 saturated carbocycles. The van der Waals surface area contributed by atoms with Crippen LogP contribution in [0.5, 0.6) is 0 Å². The van der Waals surface area contributed by atoms with E-state index in [4.69, 9.17) is 5.73 Å². The predicted molar refractivity (Wildman–Crippen MR) is 103 cm³/mol. The van der Waals surface area contributed by atoms with Crippen LogP contribution in [0.4, 0.5) is 18.9 Å². The number of rotatable bonds is 5. The number of carbonyl (C=O) groups excluding carboxylic acids is 1. The van der Waals surface area contributed by atoms with Crippen molar-refractivity contribution in [2.24, 2.45) is 5.73 Å². The molecule has 1 aliphatic carbocycles. The Balaban J connectivity index is 1.67. The van der Waals surface area contributed by atoms with Crippen molar-refractivity contribution in [3.8, 4) is 0 Å². The first-order valence-corrected chi connectivity index (χ1v) is 9.03. The monoisotopic (exact) mass is 389 g/mol. The summed E-state index contributed by atoms with van der Waals surface area (Å²) in [4.78, 5) is 11.7. The number of hydrogen-bond donors (Lipinski definition) is 3. The summed E-state index contributed by atoms with van der Waals surface area (Å²) in [6, 6.07) is 8.18. The molecule has 7 heteroatoms. The minimum absolute atomic E-state index is 0.105. The third-order valence-corrected chi connectivity index (χ3v) is 4.99. The molecule has 148 valence electrons. The third-order valence-electron chi connectivity index (χ3n) is 4.99. The molecule has 4 N–H and O–H groups in total. The van der Waals surface area contributed by atoms with Crippen molar-refractivity contribution in [1.82, 2.24) is 5.32 Å². The Kier molecular flexibility index (Phi) is 6.04. The number of benzene rings is 2. The molecule has 1 amide bonds. The predicted octanol–water partition coefficient (Wildman–Crippen LogP) is 3.71. The molecule has 0 spiro atoms. The van der Waals surface area contributed by atoms with E-state index < -0.39 is 29.4 Å². The van der Waals surface area contributed by atoms with Gasteiger partial charge in [-0.15, -0.1) is 0 Å². The molecule has 0 heterocycles. The van der Waals surface area contributed by atoms with Gasteiger partial charge in [0.1, 0.15) is 5.82 Å². The first-order valence-electron chi connectivity index (χ1n) is 9.03. The molecule has 2 aromatic rings. The highest BCUT2D eigenvalue weighted by molar-refractivity contribution is 5.94. The number of amides is 1. The van der Waals surface area contributed by atoms with Crippen molar-refractivity contribution >= 4 is 11.6 Å². The fraction of sp³-hybridized carbons (Fsp3) is 0.286. The summed E-state index contributed by atoms with van der Waals surface area (Å²) in [6.45, 7) is 0.526. The zero-order valence-electron chi connectivity index (χ0n) is 15.4. The van der Waals surface area contributed by atoms with Gasteiger partial charge in [-0.25, -0.2) is 13.2 Å². The zero-order chi connectivity index (χ0) is 20.3. The molecule has 0 saturated heterocycles. The fourth-order valence-electron chi connectivity index (χ4n) is 3.45. The van der Waals surface area contributed by atoms with Gasteiger partial charge in [-0.2, -0.15) is 0 Å². The highest BCUT2D eigenvalue weighted by Gasteiger charge is 2.27. The van der Waals surface area contributed by atoms with Crippen molar-refractivity contribution < 1.29 is 18.0 Å². The molecule has 28 heavy (non-hydrogen) atoms. The highest BCUT2D eigenvalue weighted by atomic mass is 19.2. The number of halogens is 3. The van der Waals surface area contributed by atoms with Crippen LogP contribution in [0.25, 0.3) is 0 Å². The largest absolute Gasteiger partial charge is 0.381 e. The lowest BCUT2D eigenvalue weighted by atomic mass is 9.80. The first kappa shape index (κ1) is 19.9. The number of allylic oxidation sites excluding steroid dienone is 1. The van der Waals surface area contributed by atoms with Crippen LogP contribution in [-0.4, -0.2) is 25.5 Å². The molecule has 0 bridgehead atoms. The summed E-state index contributed by atoms with van der Waals surface area (Å²) in [5.74, 6) is -3.63. The molecule has 3 rings (SSSR count). The lowest BCUT2D eigenvalue weighted by Crippen LogP contribution is -2.33. The normalized spacial score (nSPS) is 19.1. The minimum Gasteiger partial charge on any atom is -0.381 e. The lowest BCUT2D eigenvalue weighted by molar-refractivity contribution is 0.0963. The maximum atomic E-state index is 14.1. The Morgan fingerprint density at radius 2 is 1.89 bits per heavy atom. The van der Waals surface area contributed by atoms with E-state index in [9.17, 15) is 18.0 Å². The number of hydrogen-bond acceptors (Lipinski definition) is 3. The van der Waals surface area contributed by atoms with Gasteiger partial charge >= 0.3 is 0 Å². The zero-order valence-corrected chi connectivity index (χ0v) is 15.4. The van der Waals surface area contributed by atoms with E-state index in [0.717, 1.165) is 17.3 Å². The smallest absolute Gasteiger partial charge is 0.251 e. The molecular weight excluding hydrogens is 367 g/mol. The van der Waals surface area contributed by atoms with Gasteiger partial charge in [0.2, 0.25) is 0 Å². The summed E-state index contributed by atoms with van der Waals surface area (Å²) in [6.07, 6.45) is 2.90. The number of nitrogens with two attached hydrogens (primary N) is 1. The Hall–Kier alpha value is -2.80. The fourth-order valence-corrected chi connectivity index (χ4v) is 3.45. The second-order valence-corrected chi connectivity index (χ2v) is 6.87. The van der Waals surface area contributed by atoms with Crippen molar-refractivity contribution in [3.63, 3.8) is 0 Å². The van der Waals surface area contributed by atoms with Gasteiger partial charge in [0.25, 0.3) is 5.91 Å². The Morgan fingerprint density at radius 1 is 1.14 bits per heavy atom. The van der Waals surface area contributed by atoms with Crippen LogP contribution in [0.2, 0.25) is 0 Å². The van der Waals surface area contributed by atoms with Crippen LogP contribution in [-0.2, 0) is 0 Å². The third kappa shape index (κ3) is 4.36. The maximum absolute atomic E-state index is 14.1. The van der Waals surface area contributed by atoms with E-state index >= 15 is 0 Å². The van der Waals surface area contributed by atoms with E-state index in [1.165, 1.54) is 0 Å². The molecule has 2 aromatic carbocycles. The number of nitrogens with one attached hydrogen (secondary N) is 2. The van der Waals surface area contributed by atoms with E-state index in [1.54, 1.807) is 25.2 Å². The standard InChI is InChI=1S/C21H22F3N3O/c1-26-21(28)13-3-2-4-14(8-13)27-11-12-5-6-15(20(25)7-12)16-9-18(23)19(24)10-17(16)22/h2-5,8-10,15,20,27H,6-7,11,25H2,1H3,(H,26,28)/t15-,20+/m0/s1. The average Bonchev–Trinajstić information content (AvgIpc) is 2.69. The van der Waals surface area contributed by atoms with E-state index in [1.807, 2.05) is 12.1 Å². The Labute approximate surface area is 161 Å². The molecular formula is C21H22F3N3O. The minimum atomic E-state index is -1.20. The second-order valence-electron chi connectivity index (χ2n) is 6.87. The molecule has 1 aliphatic rings.